The summed E-state index contributed by atoms with van der Waals surface area (Å²) in [5.41, 5.74) is 2.83. The Labute approximate surface area is 116 Å². The number of aromatic nitrogens is 2. The first-order valence-corrected chi connectivity index (χ1v) is 7.73. The van der Waals surface area contributed by atoms with Crippen LogP contribution in [0, 0.1) is 5.92 Å². The minimum atomic E-state index is 0.787. The summed E-state index contributed by atoms with van der Waals surface area (Å²) in [7, 11) is 2.08. The molecule has 3 nitrogen and oxygen atoms in total. The average molecular weight is 259 g/mol. The van der Waals surface area contributed by atoms with Gasteiger partial charge in [0.15, 0.2) is 0 Å². The molecule has 1 N–H and O–H groups in total. The van der Waals surface area contributed by atoms with Crippen LogP contribution in [-0.4, -0.2) is 22.1 Å². The molecule has 2 aliphatic rings. The van der Waals surface area contributed by atoms with Crippen molar-refractivity contribution in [2.75, 3.05) is 6.54 Å². The van der Waals surface area contributed by atoms with Crippen molar-refractivity contribution in [3.63, 3.8) is 0 Å². The first-order chi connectivity index (χ1) is 9.33. The van der Waals surface area contributed by atoms with E-state index in [1.807, 2.05) is 12.5 Å². The van der Waals surface area contributed by atoms with E-state index < -0.39 is 0 Å². The van der Waals surface area contributed by atoms with Gasteiger partial charge >= 0.3 is 0 Å². The lowest BCUT2D eigenvalue weighted by Gasteiger charge is -2.25. The van der Waals surface area contributed by atoms with Crippen LogP contribution in [0.2, 0.25) is 0 Å². The zero-order valence-electron chi connectivity index (χ0n) is 11.9. The number of hydrogen-bond acceptors (Lipinski definition) is 2. The molecule has 19 heavy (non-hydrogen) atoms. The van der Waals surface area contributed by atoms with Crippen molar-refractivity contribution in [3.8, 4) is 0 Å². The molecule has 104 valence electrons. The number of nitrogens with one attached hydrogen (secondary N) is 1. The molecule has 0 saturated heterocycles. The van der Waals surface area contributed by atoms with E-state index in [-0.39, 0.29) is 0 Å². The van der Waals surface area contributed by atoms with E-state index in [0.29, 0.717) is 0 Å². The first-order valence-electron chi connectivity index (χ1n) is 7.73. The molecule has 0 amide bonds. The van der Waals surface area contributed by atoms with Crippen molar-refractivity contribution in [1.29, 1.82) is 0 Å². The molecule has 3 heteroatoms. The second-order valence-corrected chi connectivity index (χ2v) is 6.14. The predicted octanol–water partition coefficient (Wildman–Crippen LogP) is 3.14. The SMILES string of the molecule is Cn1cncc1C=C(CNC1CC1)C1CCCCC1. The fraction of sp³-hybridized carbons (Fsp3) is 0.688. The highest BCUT2D eigenvalue weighted by molar-refractivity contribution is 5.50. The molecule has 1 heterocycles. The monoisotopic (exact) mass is 259 g/mol. The van der Waals surface area contributed by atoms with Crippen LogP contribution in [0.5, 0.6) is 0 Å². The zero-order chi connectivity index (χ0) is 13.1. The second kappa shape index (κ2) is 5.91. The minimum absolute atomic E-state index is 0.787. The quantitative estimate of drug-likeness (QED) is 0.880. The number of nitrogens with zero attached hydrogens (tertiary/aromatic N) is 2. The van der Waals surface area contributed by atoms with Crippen LogP contribution in [-0.2, 0) is 7.05 Å². The van der Waals surface area contributed by atoms with Crippen molar-refractivity contribution in [1.82, 2.24) is 14.9 Å². The highest BCUT2D eigenvalue weighted by Crippen LogP contribution is 2.31. The van der Waals surface area contributed by atoms with E-state index >= 15 is 0 Å². The van der Waals surface area contributed by atoms with Crippen molar-refractivity contribution in [2.24, 2.45) is 13.0 Å². The highest BCUT2D eigenvalue weighted by Gasteiger charge is 2.23. The Kier molecular flexibility index (Phi) is 4.02. The molecule has 1 aromatic heterocycles. The average Bonchev–Trinajstić information content (AvgIpc) is 3.19. The van der Waals surface area contributed by atoms with Crippen LogP contribution in [0.15, 0.2) is 18.1 Å². The minimum Gasteiger partial charge on any atom is -0.334 e. The lowest BCUT2D eigenvalue weighted by Crippen LogP contribution is -2.24. The van der Waals surface area contributed by atoms with Crippen molar-refractivity contribution < 1.29 is 0 Å². The van der Waals surface area contributed by atoms with E-state index in [1.165, 1.54) is 50.6 Å². The molecule has 0 unspecified atom stereocenters. The summed E-state index contributed by atoms with van der Waals surface area (Å²) < 4.78 is 2.11. The summed E-state index contributed by atoms with van der Waals surface area (Å²) in [6.07, 6.45) is 15.9. The maximum atomic E-state index is 4.23. The Bertz CT molecular complexity index is 437. The molecule has 2 fully saturated rings. The Morgan fingerprint density at radius 2 is 2.11 bits per heavy atom. The topological polar surface area (TPSA) is 29.9 Å². The maximum absolute atomic E-state index is 4.23. The van der Waals surface area contributed by atoms with Gasteiger partial charge in [0.1, 0.15) is 0 Å². The van der Waals surface area contributed by atoms with E-state index in [2.05, 4.69) is 28.0 Å². The summed E-state index contributed by atoms with van der Waals surface area (Å²) >= 11 is 0. The van der Waals surface area contributed by atoms with Gasteiger partial charge in [-0.3, -0.25) is 0 Å². The first kappa shape index (κ1) is 12.9. The van der Waals surface area contributed by atoms with E-state index in [9.17, 15) is 0 Å². The number of imidazole rings is 1. The third kappa shape index (κ3) is 3.47. The smallest absolute Gasteiger partial charge is 0.0948 e. The van der Waals surface area contributed by atoms with Crippen LogP contribution >= 0.6 is 0 Å². The summed E-state index contributed by atoms with van der Waals surface area (Å²) in [5, 5.41) is 3.69. The van der Waals surface area contributed by atoms with Crippen molar-refractivity contribution in [3.05, 3.63) is 23.8 Å². The summed E-state index contributed by atoms with van der Waals surface area (Å²) in [5.74, 6) is 0.787. The largest absolute Gasteiger partial charge is 0.334 e. The van der Waals surface area contributed by atoms with Gasteiger partial charge in [-0.2, -0.15) is 0 Å². The molecule has 2 aliphatic carbocycles. The van der Waals surface area contributed by atoms with E-state index in [1.54, 1.807) is 5.57 Å². The fourth-order valence-corrected chi connectivity index (χ4v) is 3.03. The van der Waals surface area contributed by atoms with Crippen LogP contribution in [0.3, 0.4) is 0 Å². The third-order valence-electron chi connectivity index (χ3n) is 4.49. The predicted molar refractivity (Wildman–Crippen MR) is 78.8 cm³/mol. The summed E-state index contributed by atoms with van der Waals surface area (Å²) in [4.78, 5) is 4.23. The molecular weight excluding hydrogens is 234 g/mol. The summed E-state index contributed by atoms with van der Waals surface area (Å²) in [6.45, 7) is 1.07. The van der Waals surface area contributed by atoms with Gasteiger partial charge < -0.3 is 9.88 Å². The van der Waals surface area contributed by atoms with Gasteiger partial charge in [0.25, 0.3) is 0 Å². The number of hydrogen-bond donors (Lipinski definition) is 1. The van der Waals surface area contributed by atoms with Crippen molar-refractivity contribution >= 4 is 6.08 Å². The Morgan fingerprint density at radius 1 is 1.32 bits per heavy atom. The van der Waals surface area contributed by atoms with Crippen LogP contribution < -0.4 is 5.32 Å². The van der Waals surface area contributed by atoms with Gasteiger partial charge in [-0.1, -0.05) is 24.8 Å². The molecule has 0 bridgehead atoms. The maximum Gasteiger partial charge on any atom is 0.0948 e. The molecule has 0 radical (unpaired) electrons. The molecule has 0 aliphatic heterocycles. The van der Waals surface area contributed by atoms with Gasteiger partial charge in [0.05, 0.1) is 18.2 Å². The third-order valence-corrected chi connectivity index (χ3v) is 4.49. The Balaban J connectivity index is 1.73. The lowest BCUT2D eigenvalue weighted by molar-refractivity contribution is 0.396. The van der Waals surface area contributed by atoms with E-state index in [4.69, 9.17) is 0 Å². The fourth-order valence-electron chi connectivity index (χ4n) is 3.03. The molecular formula is C16H25N3. The normalized spacial score (nSPS) is 21.8. The standard InChI is InChI=1S/C16H25N3/c1-19-12-17-11-16(19)9-14(10-18-15-7-8-15)13-5-3-2-4-6-13/h9,11-13,15,18H,2-8,10H2,1H3. The molecule has 0 atom stereocenters. The molecule has 0 spiro atoms. The van der Waals surface area contributed by atoms with Gasteiger partial charge in [-0.15, -0.1) is 0 Å². The number of aryl methyl sites for hydroxylation is 1. The van der Waals surface area contributed by atoms with E-state index in [0.717, 1.165) is 18.5 Å². The van der Waals surface area contributed by atoms with Crippen molar-refractivity contribution in [2.45, 2.75) is 51.0 Å². The lowest BCUT2D eigenvalue weighted by atomic mass is 9.83. The van der Waals surface area contributed by atoms with Gasteiger partial charge in [0, 0.05) is 19.6 Å². The van der Waals surface area contributed by atoms with Gasteiger partial charge in [0.2, 0.25) is 0 Å². The highest BCUT2D eigenvalue weighted by atomic mass is 15.0. The van der Waals surface area contributed by atoms with Crippen LogP contribution in [0.25, 0.3) is 6.08 Å². The van der Waals surface area contributed by atoms with Crippen LogP contribution in [0.4, 0.5) is 0 Å². The summed E-state index contributed by atoms with van der Waals surface area (Å²) in [6, 6.07) is 0.790. The Hall–Kier alpha value is -1.09. The van der Waals surface area contributed by atoms with Gasteiger partial charge in [-0.25, -0.2) is 4.98 Å². The number of rotatable bonds is 5. The molecule has 0 aromatic carbocycles. The van der Waals surface area contributed by atoms with Crippen LogP contribution in [0.1, 0.15) is 50.6 Å². The zero-order valence-corrected chi connectivity index (χ0v) is 11.9. The molecule has 3 rings (SSSR count). The molecule has 2 saturated carbocycles. The molecule has 1 aromatic rings. The van der Waals surface area contributed by atoms with Gasteiger partial charge in [-0.05, 0) is 37.7 Å². The second-order valence-electron chi connectivity index (χ2n) is 6.14. The Morgan fingerprint density at radius 3 is 2.74 bits per heavy atom.